The average molecular weight is 523 g/mol. The van der Waals surface area contributed by atoms with E-state index in [-0.39, 0.29) is 29.7 Å². The Bertz CT molecular complexity index is 1360. The summed E-state index contributed by atoms with van der Waals surface area (Å²) in [6.07, 6.45) is 2.88. The number of ether oxygens (including phenoxy) is 1. The number of carbonyl (C=O) groups excluding carboxylic acids is 2. The van der Waals surface area contributed by atoms with E-state index in [0.717, 1.165) is 0 Å². The third kappa shape index (κ3) is 6.06. The highest BCUT2D eigenvalue weighted by molar-refractivity contribution is 5.95. The van der Waals surface area contributed by atoms with Crippen molar-refractivity contribution in [2.45, 2.75) is 38.9 Å². The maximum absolute atomic E-state index is 13.2. The summed E-state index contributed by atoms with van der Waals surface area (Å²) in [6, 6.07) is 9.98. The first-order valence-corrected chi connectivity index (χ1v) is 12.3. The van der Waals surface area contributed by atoms with Gasteiger partial charge in [-0.15, -0.1) is 0 Å². The molecule has 1 unspecified atom stereocenters. The molecule has 38 heavy (non-hydrogen) atoms. The number of hydrogen-bond donors (Lipinski definition) is 3. The van der Waals surface area contributed by atoms with Gasteiger partial charge in [0.1, 0.15) is 23.1 Å². The first kappa shape index (κ1) is 27.0. The average Bonchev–Trinajstić information content (AvgIpc) is 2.90. The van der Waals surface area contributed by atoms with Gasteiger partial charge in [-0.3, -0.25) is 19.3 Å². The molecule has 1 saturated heterocycles. The van der Waals surface area contributed by atoms with E-state index in [1.807, 2.05) is 25.7 Å². The van der Waals surface area contributed by atoms with Crippen LogP contribution in [-0.4, -0.2) is 62.8 Å². The monoisotopic (exact) mass is 522 g/mol. The summed E-state index contributed by atoms with van der Waals surface area (Å²) in [5.74, 6) is 0.507. The van der Waals surface area contributed by atoms with Crippen LogP contribution in [0.25, 0.3) is 0 Å². The molecule has 4 rings (SSSR count). The number of H-pyrrole nitrogens is 1. The SMILES string of the molecule is CC(C(=O)Nc1ccc(Oc2ccc(F)cc2)cn1)N1CCN(C(=O)c2c[nH]c(=O)c(CN)c2)C(C)(C)C1. The largest absolute Gasteiger partial charge is 0.456 e. The molecule has 0 saturated carbocycles. The Hall–Kier alpha value is -4.09. The van der Waals surface area contributed by atoms with Gasteiger partial charge in [-0.1, -0.05) is 0 Å². The summed E-state index contributed by atoms with van der Waals surface area (Å²) in [7, 11) is 0. The number of pyridine rings is 2. The van der Waals surface area contributed by atoms with Crippen molar-refractivity contribution in [1.82, 2.24) is 19.8 Å². The van der Waals surface area contributed by atoms with Gasteiger partial charge in [0.05, 0.1) is 23.3 Å². The number of rotatable bonds is 7. The van der Waals surface area contributed by atoms with E-state index in [4.69, 9.17) is 10.5 Å². The summed E-state index contributed by atoms with van der Waals surface area (Å²) < 4.78 is 18.7. The van der Waals surface area contributed by atoms with Crippen molar-refractivity contribution in [3.05, 3.63) is 82.2 Å². The lowest BCUT2D eigenvalue weighted by atomic mass is 9.96. The highest BCUT2D eigenvalue weighted by atomic mass is 19.1. The quantitative estimate of drug-likeness (QED) is 0.434. The Morgan fingerprint density at radius 1 is 1.18 bits per heavy atom. The Labute approximate surface area is 219 Å². The van der Waals surface area contributed by atoms with Gasteiger partial charge in [0.25, 0.3) is 11.5 Å². The lowest BCUT2D eigenvalue weighted by Gasteiger charge is -2.48. The number of amides is 2. The number of carbonyl (C=O) groups is 2. The molecule has 3 aromatic rings. The molecule has 200 valence electrons. The molecule has 2 amide bonds. The predicted molar refractivity (Wildman–Crippen MR) is 140 cm³/mol. The van der Waals surface area contributed by atoms with Gasteiger partial charge in [0, 0.05) is 37.9 Å². The van der Waals surface area contributed by atoms with Crippen molar-refractivity contribution < 1.29 is 18.7 Å². The number of halogens is 1. The number of aromatic amines is 1. The second-order valence-electron chi connectivity index (χ2n) is 9.79. The topological polar surface area (TPSA) is 134 Å². The van der Waals surface area contributed by atoms with Crippen LogP contribution in [0.15, 0.2) is 59.7 Å². The van der Waals surface area contributed by atoms with Gasteiger partial charge < -0.3 is 25.7 Å². The standard InChI is InChI=1S/C27H31FN6O4/c1-17(24(35)32-23-9-8-22(15-30-23)38-21-6-4-20(28)5-7-21)33-10-11-34(27(2,3)16-33)26(37)19-12-18(13-29)25(36)31-14-19/h4-9,12,14-15,17H,10-11,13,16,29H2,1-3H3,(H,31,36)(H,30,32,35). The normalized spacial score (nSPS) is 16.1. The van der Waals surface area contributed by atoms with Crippen LogP contribution in [0.5, 0.6) is 11.5 Å². The number of benzene rings is 1. The molecule has 0 spiro atoms. The first-order valence-electron chi connectivity index (χ1n) is 12.3. The van der Waals surface area contributed by atoms with Gasteiger partial charge in [-0.25, -0.2) is 9.37 Å². The van der Waals surface area contributed by atoms with Crippen LogP contribution in [0.4, 0.5) is 10.2 Å². The Morgan fingerprint density at radius 2 is 1.89 bits per heavy atom. The Balaban J connectivity index is 1.36. The lowest BCUT2D eigenvalue weighted by Crippen LogP contribution is -2.63. The minimum absolute atomic E-state index is 0.0408. The van der Waals surface area contributed by atoms with Crippen molar-refractivity contribution in [2.75, 3.05) is 25.0 Å². The molecular weight excluding hydrogens is 491 g/mol. The molecule has 4 N–H and O–H groups in total. The van der Waals surface area contributed by atoms with Crippen LogP contribution < -0.4 is 21.3 Å². The van der Waals surface area contributed by atoms with Gasteiger partial charge in [-0.2, -0.15) is 0 Å². The fourth-order valence-corrected chi connectivity index (χ4v) is 4.41. The number of nitrogens with zero attached hydrogens (tertiary/aromatic N) is 3. The van der Waals surface area contributed by atoms with Crippen molar-refractivity contribution >= 4 is 17.6 Å². The summed E-state index contributed by atoms with van der Waals surface area (Å²) in [4.78, 5) is 48.6. The lowest BCUT2D eigenvalue weighted by molar-refractivity contribution is -0.122. The van der Waals surface area contributed by atoms with Crippen molar-refractivity contribution in [1.29, 1.82) is 0 Å². The molecule has 2 aromatic heterocycles. The molecule has 0 radical (unpaired) electrons. The van der Waals surface area contributed by atoms with Crippen LogP contribution in [0, 0.1) is 5.82 Å². The first-order chi connectivity index (χ1) is 18.1. The van der Waals surface area contributed by atoms with E-state index in [9.17, 15) is 18.8 Å². The van der Waals surface area contributed by atoms with Crippen LogP contribution in [0.3, 0.4) is 0 Å². The van der Waals surface area contributed by atoms with Crippen molar-refractivity contribution in [3.8, 4) is 11.5 Å². The number of aromatic nitrogens is 2. The zero-order valence-corrected chi connectivity index (χ0v) is 21.5. The predicted octanol–water partition coefficient (Wildman–Crippen LogP) is 2.72. The van der Waals surface area contributed by atoms with Gasteiger partial charge in [0.2, 0.25) is 5.91 Å². The smallest absolute Gasteiger partial charge is 0.255 e. The molecule has 1 aliphatic heterocycles. The summed E-state index contributed by atoms with van der Waals surface area (Å²) in [6.45, 7) is 7.11. The molecule has 3 heterocycles. The van der Waals surface area contributed by atoms with Crippen LogP contribution in [-0.2, 0) is 11.3 Å². The molecule has 11 heteroatoms. The van der Waals surface area contributed by atoms with E-state index in [2.05, 4.69) is 15.3 Å². The number of hydrogen-bond acceptors (Lipinski definition) is 7. The second kappa shape index (κ2) is 11.1. The Kier molecular flexibility index (Phi) is 7.88. The van der Waals surface area contributed by atoms with E-state index < -0.39 is 11.6 Å². The third-order valence-electron chi connectivity index (χ3n) is 6.59. The minimum atomic E-state index is -0.569. The number of piperazine rings is 1. The minimum Gasteiger partial charge on any atom is -0.456 e. The van der Waals surface area contributed by atoms with Crippen molar-refractivity contribution in [2.24, 2.45) is 5.73 Å². The summed E-state index contributed by atoms with van der Waals surface area (Å²) in [5.41, 5.74) is 5.46. The number of anilines is 1. The van der Waals surface area contributed by atoms with Crippen LogP contribution >= 0.6 is 0 Å². The fraction of sp³-hybridized carbons (Fsp3) is 0.333. The number of nitrogens with one attached hydrogen (secondary N) is 2. The van der Waals surface area contributed by atoms with E-state index in [0.29, 0.717) is 48.1 Å². The fourth-order valence-electron chi connectivity index (χ4n) is 4.41. The van der Waals surface area contributed by atoms with Gasteiger partial charge >= 0.3 is 0 Å². The van der Waals surface area contributed by atoms with E-state index in [1.54, 1.807) is 17.0 Å². The second-order valence-corrected chi connectivity index (χ2v) is 9.79. The molecular formula is C27H31FN6O4. The molecule has 1 atom stereocenters. The maximum atomic E-state index is 13.2. The molecule has 1 aliphatic rings. The van der Waals surface area contributed by atoms with Crippen LogP contribution in [0.1, 0.15) is 36.7 Å². The maximum Gasteiger partial charge on any atom is 0.255 e. The van der Waals surface area contributed by atoms with E-state index >= 15 is 0 Å². The summed E-state index contributed by atoms with van der Waals surface area (Å²) in [5, 5.41) is 2.82. The van der Waals surface area contributed by atoms with Gasteiger partial charge in [0.15, 0.2) is 0 Å². The Morgan fingerprint density at radius 3 is 2.53 bits per heavy atom. The third-order valence-corrected chi connectivity index (χ3v) is 6.59. The van der Waals surface area contributed by atoms with Gasteiger partial charge in [-0.05, 0) is 63.2 Å². The zero-order valence-electron chi connectivity index (χ0n) is 21.5. The van der Waals surface area contributed by atoms with Crippen molar-refractivity contribution in [3.63, 3.8) is 0 Å². The molecule has 10 nitrogen and oxygen atoms in total. The number of nitrogens with two attached hydrogens (primary N) is 1. The van der Waals surface area contributed by atoms with Crippen LogP contribution in [0.2, 0.25) is 0 Å². The molecule has 1 aromatic carbocycles. The molecule has 1 fully saturated rings. The highest BCUT2D eigenvalue weighted by Gasteiger charge is 2.39. The molecule has 0 bridgehead atoms. The van der Waals surface area contributed by atoms with E-state index in [1.165, 1.54) is 42.7 Å². The molecule has 0 aliphatic carbocycles. The zero-order chi connectivity index (χ0) is 27.4. The summed E-state index contributed by atoms with van der Waals surface area (Å²) >= 11 is 0. The highest BCUT2D eigenvalue weighted by Crippen LogP contribution is 2.25.